The van der Waals surface area contributed by atoms with Gasteiger partial charge in [0.1, 0.15) is 0 Å². The molecule has 0 atom stereocenters. The van der Waals surface area contributed by atoms with Crippen LogP contribution in [-0.2, 0) is 0 Å². The number of benzene rings is 1. The van der Waals surface area contributed by atoms with Gasteiger partial charge in [0.05, 0.1) is 21.3 Å². The number of nitrogens with zero attached hydrogens (tertiary/aromatic N) is 3. The summed E-state index contributed by atoms with van der Waals surface area (Å²) in [5.74, 6) is 1.76. The first-order valence-electron chi connectivity index (χ1n) is 9.27. The van der Waals surface area contributed by atoms with Gasteiger partial charge in [-0.3, -0.25) is 4.79 Å². The summed E-state index contributed by atoms with van der Waals surface area (Å²) >= 11 is 0. The molecule has 0 unspecified atom stereocenters. The van der Waals surface area contributed by atoms with Crippen LogP contribution in [0, 0.1) is 0 Å². The molecule has 0 fully saturated rings. The Balaban J connectivity index is 2.18. The van der Waals surface area contributed by atoms with Crippen LogP contribution >= 0.6 is 0 Å². The molecule has 0 aliphatic heterocycles. The van der Waals surface area contributed by atoms with Crippen molar-refractivity contribution in [1.29, 1.82) is 0 Å². The summed E-state index contributed by atoms with van der Waals surface area (Å²) in [6.07, 6.45) is 2.04. The van der Waals surface area contributed by atoms with Crippen LogP contribution in [-0.4, -0.2) is 50.5 Å². The predicted molar refractivity (Wildman–Crippen MR) is 109 cm³/mol. The van der Waals surface area contributed by atoms with Gasteiger partial charge in [-0.1, -0.05) is 13.8 Å². The highest BCUT2D eigenvalue weighted by molar-refractivity contribution is 6.03. The van der Waals surface area contributed by atoms with E-state index in [2.05, 4.69) is 34.3 Å². The number of nitrogens with one attached hydrogen (secondary N) is 1. The Hall–Kier alpha value is -3.03. The highest BCUT2D eigenvalue weighted by atomic mass is 16.5. The monoisotopic (exact) mass is 388 g/mol. The second-order valence-corrected chi connectivity index (χ2v) is 6.13. The predicted octanol–water partition coefficient (Wildman–Crippen LogP) is 3.38. The zero-order valence-electron chi connectivity index (χ0n) is 17.1. The van der Waals surface area contributed by atoms with E-state index in [1.807, 2.05) is 6.07 Å². The molecule has 1 aromatic carbocycles. The van der Waals surface area contributed by atoms with Crippen molar-refractivity contribution in [1.82, 2.24) is 10.2 Å². The summed E-state index contributed by atoms with van der Waals surface area (Å²) in [5.41, 5.74) is 0.731. The molecule has 1 N–H and O–H groups in total. The van der Waals surface area contributed by atoms with Crippen molar-refractivity contribution in [3.63, 3.8) is 0 Å². The van der Waals surface area contributed by atoms with Crippen LogP contribution < -0.4 is 24.4 Å². The second-order valence-electron chi connectivity index (χ2n) is 6.13. The number of ether oxygens (including phenoxy) is 3. The van der Waals surface area contributed by atoms with Gasteiger partial charge in [0.25, 0.3) is 5.91 Å². The summed E-state index contributed by atoms with van der Waals surface area (Å²) < 4.78 is 15.9. The lowest BCUT2D eigenvalue weighted by atomic mass is 10.2. The third kappa shape index (κ3) is 5.03. The van der Waals surface area contributed by atoms with E-state index in [0.717, 1.165) is 31.7 Å². The van der Waals surface area contributed by atoms with Crippen LogP contribution in [0.2, 0.25) is 0 Å². The highest BCUT2D eigenvalue weighted by Gasteiger charge is 2.16. The van der Waals surface area contributed by atoms with E-state index in [-0.39, 0.29) is 11.6 Å². The largest absolute Gasteiger partial charge is 0.493 e. The van der Waals surface area contributed by atoms with Crippen molar-refractivity contribution >= 4 is 17.4 Å². The summed E-state index contributed by atoms with van der Waals surface area (Å²) in [6, 6.07) is 6.81. The van der Waals surface area contributed by atoms with E-state index in [1.165, 1.54) is 21.3 Å². The molecular formula is C20H28N4O4. The van der Waals surface area contributed by atoms with Gasteiger partial charge < -0.3 is 24.4 Å². The average Bonchev–Trinajstić information content (AvgIpc) is 2.72. The van der Waals surface area contributed by atoms with Gasteiger partial charge >= 0.3 is 0 Å². The number of carbonyl (C=O) groups is 1. The molecule has 0 aliphatic carbocycles. The molecule has 2 rings (SSSR count). The van der Waals surface area contributed by atoms with Crippen molar-refractivity contribution in [3.05, 3.63) is 30.0 Å². The normalized spacial score (nSPS) is 10.3. The molecule has 8 nitrogen and oxygen atoms in total. The van der Waals surface area contributed by atoms with E-state index in [9.17, 15) is 4.79 Å². The van der Waals surface area contributed by atoms with Crippen molar-refractivity contribution in [3.8, 4) is 17.2 Å². The van der Waals surface area contributed by atoms with Crippen LogP contribution in [0.3, 0.4) is 0 Å². The number of anilines is 2. The molecule has 1 amide bonds. The Kier molecular flexibility index (Phi) is 7.86. The molecule has 0 radical (unpaired) electrons. The number of amides is 1. The molecule has 0 aliphatic rings. The number of hydrogen-bond acceptors (Lipinski definition) is 7. The summed E-state index contributed by atoms with van der Waals surface area (Å²) in [7, 11) is 4.56. The molecule has 0 bridgehead atoms. The number of methoxy groups -OCH3 is 3. The molecule has 152 valence electrons. The molecule has 2 aromatic rings. The van der Waals surface area contributed by atoms with E-state index < -0.39 is 0 Å². The Morgan fingerprint density at radius 2 is 1.57 bits per heavy atom. The van der Waals surface area contributed by atoms with Crippen LogP contribution in [0.15, 0.2) is 24.3 Å². The quantitative estimate of drug-likeness (QED) is 0.668. The van der Waals surface area contributed by atoms with Crippen molar-refractivity contribution in [2.45, 2.75) is 26.7 Å². The van der Waals surface area contributed by atoms with Gasteiger partial charge in [0, 0.05) is 30.9 Å². The maximum absolute atomic E-state index is 12.6. The maximum atomic E-state index is 12.6. The topological polar surface area (TPSA) is 85.8 Å². The molecule has 28 heavy (non-hydrogen) atoms. The molecule has 8 heteroatoms. The summed E-state index contributed by atoms with van der Waals surface area (Å²) in [6.45, 7) is 6.05. The van der Waals surface area contributed by atoms with Crippen molar-refractivity contribution in [2.24, 2.45) is 0 Å². The van der Waals surface area contributed by atoms with Crippen LogP contribution in [0.5, 0.6) is 17.2 Å². The first kappa shape index (κ1) is 21.3. The lowest BCUT2D eigenvalue weighted by Gasteiger charge is -2.21. The summed E-state index contributed by atoms with van der Waals surface area (Å²) in [4.78, 5) is 14.7. The third-order valence-electron chi connectivity index (χ3n) is 4.12. The third-order valence-corrected chi connectivity index (χ3v) is 4.12. The average molecular weight is 388 g/mol. The zero-order valence-corrected chi connectivity index (χ0v) is 17.1. The van der Waals surface area contributed by atoms with E-state index >= 15 is 0 Å². The molecular weight excluding hydrogens is 360 g/mol. The van der Waals surface area contributed by atoms with Gasteiger partial charge in [-0.2, -0.15) is 0 Å². The zero-order chi connectivity index (χ0) is 20.5. The SMILES string of the molecule is CCCN(CCC)c1ccc(C(=O)Nc2cc(OC)c(OC)c(OC)c2)nn1. The molecule has 0 saturated heterocycles. The van der Waals surface area contributed by atoms with Crippen molar-refractivity contribution in [2.75, 3.05) is 44.6 Å². The number of rotatable bonds is 10. The smallest absolute Gasteiger partial charge is 0.276 e. The lowest BCUT2D eigenvalue weighted by Crippen LogP contribution is -2.26. The van der Waals surface area contributed by atoms with Crippen LogP contribution in [0.4, 0.5) is 11.5 Å². The molecule has 0 spiro atoms. The number of aromatic nitrogens is 2. The van der Waals surface area contributed by atoms with Gasteiger partial charge in [-0.25, -0.2) is 0 Å². The summed E-state index contributed by atoms with van der Waals surface area (Å²) in [5, 5.41) is 11.1. The fraction of sp³-hybridized carbons (Fsp3) is 0.450. The molecule has 1 aromatic heterocycles. The van der Waals surface area contributed by atoms with E-state index in [0.29, 0.717) is 22.9 Å². The Morgan fingerprint density at radius 3 is 2.00 bits per heavy atom. The highest BCUT2D eigenvalue weighted by Crippen LogP contribution is 2.39. The van der Waals surface area contributed by atoms with Crippen LogP contribution in [0.1, 0.15) is 37.2 Å². The van der Waals surface area contributed by atoms with Gasteiger partial charge in [-0.05, 0) is 25.0 Å². The standard InChI is InChI=1S/C20H28N4O4/c1-6-10-24(11-7-2)18-9-8-15(22-23-18)20(25)21-14-12-16(26-3)19(28-5)17(13-14)27-4/h8-9,12-13H,6-7,10-11H2,1-5H3,(H,21,25). The first-order valence-corrected chi connectivity index (χ1v) is 9.27. The minimum absolute atomic E-state index is 0.227. The number of hydrogen-bond donors (Lipinski definition) is 1. The number of carbonyl (C=O) groups excluding carboxylic acids is 1. The first-order chi connectivity index (χ1) is 13.6. The molecule has 1 heterocycles. The van der Waals surface area contributed by atoms with E-state index in [4.69, 9.17) is 14.2 Å². The van der Waals surface area contributed by atoms with Crippen molar-refractivity contribution < 1.29 is 19.0 Å². The second kappa shape index (κ2) is 10.3. The fourth-order valence-electron chi connectivity index (χ4n) is 2.84. The van der Waals surface area contributed by atoms with Gasteiger partial charge in [0.15, 0.2) is 23.0 Å². The fourth-order valence-corrected chi connectivity index (χ4v) is 2.84. The Labute approximate surface area is 165 Å². The van der Waals surface area contributed by atoms with E-state index in [1.54, 1.807) is 18.2 Å². The minimum atomic E-state index is -0.370. The van der Waals surface area contributed by atoms with Crippen LogP contribution in [0.25, 0.3) is 0 Å². The van der Waals surface area contributed by atoms with Gasteiger partial charge in [0.2, 0.25) is 5.75 Å². The van der Waals surface area contributed by atoms with Gasteiger partial charge in [-0.15, -0.1) is 10.2 Å². The lowest BCUT2D eigenvalue weighted by molar-refractivity contribution is 0.102. The Morgan fingerprint density at radius 1 is 0.964 bits per heavy atom. The Bertz CT molecular complexity index is 749. The minimum Gasteiger partial charge on any atom is -0.493 e. The maximum Gasteiger partial charge on any atom is 0.276 e. The molecule has 0 saturated carbocycles.